The predicted molar refractivity (Wildman–Crippen MR) is 121 cm³/mol. The Kier molecular flexibility index (Phi) is 10.4. The Bertz CT molecular complexity index is 666. The van der Waals surface area contributed by atoms with Gasteiger partial charge in [0.25, 0.3) is 0 Å². The number of pyridine rings is 1. The molecule has 7 nitrogen and oxygen atoms in total. The van der Waals surface area contributed by atoms with E-state index in [1.54, 1.807) is 12.4 Å². The fourth-order valence-electron chi connectivity index (χ4n) is 2.31. The minimum Gasteiger partial charge on any atom is -0.348 e. The highest BCUT2D eigenvalue weighted by atomic mass is 32.1. The Morgan fingerprint density at radius 3 is 1.93 bits per heavy atom. The van der Waals surface area contributed by atoms with Crippen molar-refractivity contribution in [2.24, 2.45) is 10.2 Å². The zero-order valence-electron chi connectivity index (χ0n) is 16.7. The maximum atomic E-state index is 5.41. The summed E-state index contributed by atoms with van der Waals surface area (Å²) in [5.41, 5.74) is 8.06. The Balaban J connectivity index is 3.04. The molecule has 0 saturated carbocycles. The molecule has 0 bridgehead atoms. The molecule has 0 saturated heterocycles. The van der Waals surface area contributed by atoms with Crippen LogP contribution in [0.4, 0.5) is 0 Å². The molecule has 0 spiro atoms. The predicted octanol–water partition coefficient (Wildman–Crippen LogP) is 2.59. The maximum Gasteiger partial charge on any atom is 0.189 e. The van der Waals surface area contributed by atoms with Crippen LogP contribution in [0.15, 0.2) is 34.7 Å². The van der Waals surface area contributed by atoms with Gasteiger partial charge < -0.3 is 9.80 Å². The topological polar surface area (TPSA) is 68.2 Å². The van der Waals surface area contributed by atoms with Crippen LogP contribution in [0.1, 0.15) is 40.2 Å². The summed E-state index contributed by atoms with van der Waals surface area (Å²) in [5.74, 6) is 0. The van der Waals surface area contributed by atoms with Crippen molar-refractivity contribution in [3.8, 4) is 0 Å². The fourth-order valence-corrected chi connectivity index (χ4v) is 2.92. The molecule has 2 N–H and O–H groups in total. The Labute approximate surface area is 172 Å². The molecule has 27 heavy (non-hydrogen) atoms. The van der Waals surface area contributed by atoms with Gasteiger partial charge in [0.15, 0.2) is 10.2 Å². The highest BCUT2D eigenvalue weighted by molar-refractivity contribution is 7.80. The van der Waals surface area contributed by atoms with E-state index in [0.29, 0.717) is 21.6 Å². The molecule has 148 valence electrons. The van der Waals surface area contributed by atoms with Crippen molar-refractivity contribution in [2.45, 2.75) is 34.6 Å². The van der Waals surface area contributed by atoms with Gasteiger partial charge in [0.05, 0.1) is 5.71 Å². The molecule has 0 aliphatic rings. The van der Waals surface area contributed by atoms with Gasteiger partial charge in [-0.05, 0) is 71.2 Å². The average Bonchev–Trinajstić information content (AvgIpc) is 2.69. The second kappa shape index (κ2) is 12.3. The lowest BCUT2D eigenvalue weighted by atomic mass is 10.1. The number of aromatic nitrogens is 1. The lowest BCUT2D eigenvalue weighted by molar-refractivity contribution is 0.457. The van der Waals surface area contributed by atoms with Crippen molar-refractivity contribution in [3.05, 3.63) is 30.1 Å². The average molecular weight is 408 g/mol. The van der Waals surface area contributed by atoms with Crippen molar-refractivity contribution in [3.63, 3.8) is 0 Å². The molecule has 1 rings (SSSR count). The molecule has 0 amide bonds. The number of thiocarbonyl (C=S) groups is 2. The van der Waals surface area contributed by atoms with Crippen molar-refractivity contribution in [1.82, 2.24) is 25.6 Å². The van der Waals surface area contributed by atoms with Crippen LogP contribution in [-0.2, 0) is 0 Å². The lowest BCUT2D eigenvalue weighted by Gasteiger charge is -2.21. The van der Waals surface area contributed by atoms with E-state index in [0.717, 1.165) is 31.7 Å². The van der Waals surface area contributed by atoms with Crippen molar-refractivity contribution in [1.29, 1.82) is 0 Å². The molecule has 1 heterocycles. The van der Waals surface area contributed by atoms with Crippen LogP contribution >= 0.6 is 24.4 Å². The molecule has 0 aromatic carbocycles. The van der Waals surface area contributed by atoms with Gasteiger partial charge in [0, 0.05) is 44.1 Å². The number of nitrogens with zero attached hydrogens (tertiary/aromatic N) is 5. The summed E-state index contributed by atoms with van der Waals surface area (Å²) in [6.07, 6.45) is 3.46. The number of hydrazone groups is 2. The van der Waals surface area contributed by atoms with Crippen LogP contribution in [0.3, 0.4) is 0 Å². The number of hydrogen-bond acceptors (Lipinski definition) is 5. The number of hydrogen-bond donors (Lipinski definition) is 2. The van der Waals surface area contributed by atoms with Gasteiger partial charge in [0.1, 0.15) is 5.71 Å². The van der Waals surface area contributed by atoms with Crippen LogP contribution in [0, 0.1) is 0 Å². The highest BCUT2D eigenvalue weighted by Gasteiger charge is 2.11. The van der Waals surface area contributed by atoms with Gasteiger partial charge in [-0.2, -0.15) is 10.2 Å². The molecular formula is C18H29N7S2. The van der Waals surface area contributed by atoms with E-state index in [9.17, 15) is 0 Å². The minimum atomic E-state index is 0.570. The summed E-state index contributed by atoms with van der Waals surface area (Å²) in [6, 6.07) is 3.78. The third-order valence-electron chi connectivity index (χ3n) is 3.96. The maximum absolute atomic E-state index is 5.41. The van der Waals surface area contributed by atoms with Gasteiger partial charge in [0.2, 0.25) is 0 Å². The molecule has 1 aromatic rings. The first kappa shape index (κ1) is 22.9. The highest BCUT2D eigenvalue weighted by Crippen LogP contribution is 2.02. The minimum absolute atomic E-state index is 0.570. The first-order valence-corrected chi connectivity index (χ1v) is 9.92. The Morgan fingerprint density at radius 1 is 0.963 bits per heavy atom. The zero-order valence-corrected chi connectivity index (χ0v) is 18.3. The molecule has 0 atom stereocenters. The van der Waals surface area contributed by atoms with Crippen LogP contribution in [0.25, 0.3) is 0 Å². The zero-order chi connectivity index (χ0) is 20.2. The number of nitrogens with one attached hydrogen (secondary N) is 2. The summed E-state index contributed by atoms with van der Waals surface area (Å²) >= 11 is 10.8. The van der Waals surface area contributed by atoms with Gasteiger partial charge in [-0.3, -0.25) is 15.8 Å². The van der Waals surface area contributed by atoms with Gasteiger partial charge in [-0.1, -0.05) is 0 Å². The van der Waals surface area contributed by atoms with Crippen LogP contribution in [-0.4, -0.2) is 62.6 Å². The SMILES string of the molecule is CCN(CC)C(=S)NN=C(C)C(=NNC(=S)N(CC)CC)c1cccnc1. The van der Waals surface area contributed by atoms with E-state index in [-0.39, 0.29) is 0 Å². The van der Waals surface area contributed by atoms with Crippen molar-refractivity contribution >= 4 is 46.1 Å². The molecule has 9 heteroatoms. The van der Waals surface area contributed by atoms with E-state index in [4.69, 9.17) is 24.4 Å². The molecular weight excluding hydrogens is 378 g/mol. The Hall–Kier alpha value is -2.13. The first-order chi connectivity index (χ1) is 13.0. The molecule has 1 aromatic heterocycles. The van der Waals surface area contributed by atoms with Gasteiger partial charge in [-0.15, -0.1) is 0 Å². The van der Waals surface area contributed by atoms with E-state index in [2.05, 4.69) is 39.9 Å². The third kappa shape index (κ3) is 7.18. The Morgan fingerprint density at radius 2 is 1.48 bits per heavy atom. The van der Waals surface area contributed by atoms with Crippen LogP contribution in [0.5, 0.6) is 0 Å². The summed E-state index contributed by atoms with van der Waals surface area (Å²) in [4.78, 5) is 8.20. The van der Waals surface area contributed by atoms with E-state index in [1.165, 1.54) is 0 Å². The van der Waals surface area contributed by atoms with Gasteiger partial charge >= 0.3 is 0 Å². The quantitative estimate of drug-likeness (QED) is 0.390. The monoisotopic (exact) mass is 407 g/mol. The normalized spacial score (nSPS) is 11.7. The van der Waals surface area contributed by atoms with Crippen molar-refractivity contribution in [2.75, 3.05) is 26.2 Å². The fraction of sp³-hybridized carbons (Fsp3) is 0.500. The second-order valence-corrected chi connectivity index (χ2v) is 6.35. The lowest BCUT2D eigenvalue weighted by Crippen LogP contribution is -2.39. The summed E-state index contributed by atoms with van der Waals surface area (Å²) in [6.45, 7) is 13.3. The number of rotatable bonds is 8. The molecule has 0 radical (unpaired) electrons. The molecule has 0 aliphatic heterocycles. The van der Waals surface area contributed by atoms with E-state index >= 15 is 0 Å². The smallest absolute Gasteiger partial charge is 0.189 e. The second-order valence-electron chi connectivity index (χ2n) is 5.58. The third-order valence-corrected chi connectivity index (χ3v) is 4.66. The standard InChI is InChI=1S/C18H29N7S2/c1-6-24(7-2)17(26)22-20-14(5)16(15-11-10-12-19-13-15)21-23-18(27)25(8-3)9-4/h10-13H,6-9H2,1-5H3,(H,22,26)(H,23,27). The molecule has 0 aliphatic carbocycles. The molecule has 0 unspecified atom stereocenters. The molecule has 0 fully saturated rings. The van der Waals surface area contributed by atoms with Crippen LogP contribution in [0.2, 0.25) is 0 Å². The van der Waals surface area contributed by atoms with Crippen molar-refractivity contribution < 1.29 is 0 Å². The first-order valence-electron chi connectivity index (χ1n) is 9.10. The largest absolute Gasteiger partial charge is 0.348 e. The summed E-state index contributed by atoms with van der Waals surface area (Å²) in [7, 11) is 0. The van der Waals surface area contributed by atoms with Gasteiger partial charge in [-0.25, -0.2) is 0 Å². The summed E-state index contributed by atoms with van der Waals surface area (Å²) in [5, 5.41) is 10.0. The van der Waals surface area contributed by atoms with E-state index < -0.39 is 0 Å². The van der Waals surface area contributed by atoms with Crippen LogP contribution < -0.4 is 10.9 Å². The van der Waals surface area contributed by atoms with E-state index in [1.807, 2.05) is 42.7 Å². The summed E-state index contributed by atoms with van der Waals surface area (Å²) < 4.78 is 0.